The van der Waals surface area contributed by atoms with Crippen molar-refractivity contribution in [1.29, 1.82) is 0 Å². The third-order valence-electron chi connectivity index (χ3n) is 4.61. The van der Waals surface area contributed by atoms with Crippen LogP contribution in [0.15, 0.2) is 70.7 Å². The smallest absolute Gasteiger partial charge is 0.269 e. The number of fused-ring (bicyclic) bond motifs is 1. The van der Waals surface area contributed by atoms with Crippen LogP contribution in [-0.4, -0.2) is 26.4 Å². The molecule has 142 valence electrons. The molecule has 0 aliphatic heterocycles. The summed E-state index contributed by atoms with van der Waals surface area (Å²) in [4.78, 5) is 18.0. The lowest BCUT2D eigenvalue weighted by atomic mass is 10.1. The van der Waals surface area contributed by atoms with Crippen molar-refractivity contribution in [2.24, 2.45) is 7.05 Å². The van der Waals surface area contributed by atoms with Crippen LogP contribution in [0, 0.1) is 0 Å². The van der Waals surface area contributed by atoms with E-state index in [0.29, 0.717) is 16.2 Å². The van der Waals surface area contributed by atoms with Crippen molar-refractivity contribution in [2.45, 2.75) is 17.3 Å². The molecule has 0 aliphatic rings. The lowest BCUT2D eigenvalue weighted by Crippen LogP contribution is -2.22. The zero-order chi connectivity index (χ0) is 19.7. The summed E-state index contributed by atoms with van der Waals surface area (Å²) in [6, 6.07) is 17.5. The number of benzene rings is 2. The van der Waals surface area contributed by atoms with E-state index in [9.17, 15) is 4.79 Å². The predicted octanol–water partition coefficient (Wildman–Crippen LogP) is 3.98. The molecule has 4 aromatic rings. The number of rotatable bonds is 5. The van der Waals surface area contributed by atoms with Crippen molar-refractivity contribution in [3.05, 3.63) is 76.7 Å². The first kappa shape index (κ1) is 18.3. The summed E-state index contributed by atoms with van der Waals surface area (Å²) in [7, 11) is 3.45. The Morgan fingerprint density at radius 3 is 2.54 bits per heavy atom. The van der Waals surface area contributed by atoms with Gasteiger partial charge in [-0.2, -0.15) is 5.10 Å². The van der Waals surface area contributed by atoms with E-state index in [1.165, 1.54) is 11.8 Å². The molecule has 1 unspecified atom stereocenters. The SMILES string of the molecule is COc1ccccc1C(C)Sc1nc2c(cnn2C)c(=O)n1-c1ccccc1. The predicted molar refractivity (Wildman–Crippen MR) is 111 cm³/mol. The van der Waals surface area contributed by atoms with Gasteiger partial charge in [0.2, 0.25) is 0 Å². The van der Waals surface area contributed by atoms with E-state index in [-0.39, 0.29) is 10.8 Å². The minimum atomic E-state index is -0.126. The van der Waals surface area contributed by atoms with Gasteiger partial charge in [-0.15, -0.1) is 0 Å². The summed E-state index contributed by atoms with van der Waals surface area (Å²) in [5.41, 5.74) is 2.28. The summed E-state index contributed by atoms with van der Waals surface area (Å²) in [6.45, 7) is 2.08. The van der Waals surface area contributed by atoms with Gasteiger partial charge in [-0.05, 0) is 25.1 Å². The number of aromatic nitrogens is 4. The molecule has 7 heteroatoms. The quantitative estimate of drug-likeness (QED) is 0.380. The third kappa shape index (κ3) is 3.18. The molecule has 6 nitrogen and oxygen atoms in total. The van der Waals surface area contributed by atoms with Crippen molar-refractivity contribution in [3.8, 4) is 11.4 Å². The maximum Gasteiger partial charge on any atom is 0.269 e. The van der Waals surface area contributed by atoms with Gasteiger partial charge in [0, 0.05) is 17.9 Å². The fourth-order valence-electron chi connectivity index (χ4n) is 3.17. The Kier molecular flexibility index (Phi) is 4.92. The number of methoxy groups -OCH3 is 1. The molecule has 0 saturated heterocycles. The van der Waals surface area contributed by atoms with E-state index in [1.807, 2.05) is 54.6 Å². The van der Waals surface area contributed by atoms with Gasteiger partial charge in [0.1, 0.15) is 11.1 Å². The van der Waals surface area contributed by atoms with Crippen molar-refractivity contribution in [2.75, 3.05) is 7.11 Å². The Labute approximate surface area is 166 Å². The second-order valence-corrected chi connectivity index (χ2v) is 7.69. The summed E-state index contributed by atoms with van der Waals surface area (Å²) in [5.74, 6) is 0.817. The minimum absolute atomic E-state index is 0.0312. The fraction of sp³-hybridized carbons (Fsp3) is 0.190. The first-order valence-electron chi connectivity index (χ1n) is 8.90. The molecular weight excluding hydrogens is 372 g/mol. The van der Waals surface area contributed by atoms with Crippen LogP contribution in [0.4, 0.5) is 0 Å². The standard InChI is InChI=1S/C21H20N4O2S/c1-14(16-11-7-8-12-18(16)27-3)28-21-23-19-17(13-22-24(19)2)20(26)25(21)15-9-5-4-6-10-15/h4-14H,1-3H3. The second-order valence-electron chi connectivity index (χ2n) is 6.38. The van der Waals surface area contributed by atoms with Crippen molar-refractivity contribution < 1.29 is 4.74 Å². The molecule has 0 bridgehead atoms. The molecule has 2 aromatic heterocycles. The Morgan fingerprint density at radius 2 is 1.79 bits per heavy atom. The van der Waals surface area contributed by atoms with Gasteiger partial charge in [0.05, 0.1) is 19.0 Å². The first-order chi connectivity index (χ1) is 13.6. The van der Waals surface area contributed by atoms with Gasteiger partial charge in [-0.3, -0.25) is 14.0 Å². The van der Waals surface area contributed by atoms with Crippen molar-refractivity contribution >= 4 is 22.8 Å². The third-order valence-corrected chi connectivity index (χ3v) is 5.70. The van der Waals surface area contributed by atoms with Gasteiger partial charge in [0.25, 0.3) is 5.56 Å². The Bertz CT molecular complexity index is 1180. The largest absolute Gasteiger partial charge is 0.496 e. The highest BCUT2D eigenvalue weighted by molar-refractivity contribution is 7.99. The molecule has 0 fully saturated rings. The highest BCUT2D eigenvalue weighted by atomic mass is 32.2. The average molecular weight is 392 g/mol. The van der Waals surface area contributed by atoms with Crippen molar-refractivity contribution in [3.63, 3.8) is 0 Å². The molecule has 0 amide bonds. The van der Waals surface area contributed by atoms with Crippen LogP contribution in [0.1, 0.15) is 17.7 Å². The van der Waals surface area contributed by atoms with E-state index in [2.05, 4.69) is 12.0 Å². The van der Waals surface area contributed by atoms with E-state index < -0.39 is 0 Å². The maximum atomic E-state index is 13.2. The van der Waals surface area contributed by atoms with Crippen molar-refractivity contribution in [1.82, 2.24) is 19.3 Å². The topological polar surface area (TPSA) is 61.9 Å². The highest BCUT2D eigenvalue weighted by Gasteiger charge is 2.20. The summed E-state index contributed by atoms with van der Waals surface area (Å²) in [5, 5.41) is 5.36. The number of hydrogen-bond donors (Lipinski definition) is 0. The molecule has 0 spiro atoms. The maximum absolute atomic E-state index is 13.2. The van der Waals surface area contributed by atoms with E-state index in [1.54, 1.807) is 29.6 Å². The number of hydrogen-bond acceptors (Lipinski definition) is 5. The summed E-state index contributed by atoms with van der Waals surface area (Å²) < 4.78 is 8.79. The average Bonchev–Trinajstić information content (AvgIpc) is 3.10. The van der Waals surface area contributed by atoms with Crippen LogP contribution in [0.5, 0.6) is 5.75 Å². The van der Waals surface area contributed by atoms with Gasteiger partial charge >= 0.3 is 0 Å². The monoisotopic (exact) mass is 392 g/mol. The van der Waals surface area contributed by atoms with Crippen LogP contribution in [0.3, 0.4) is 0 Å². The molecule has 1 atom stereocenters. The number of aryl methyl sites for hydroxylation is 1. The summed E-state index contributed by atoms with van der Waals surface area (Å²) in [6.07, 6.45) is 1.57. The molecule has 0 aliphatic carbocycles. The zero-order valence-corrected chi connectivity index (χ0v) is 16.7. The van der Waals surface area contributed by atoms with Gasteiger partial charge < -0.3 is 4.74 Å². The minimum Gasteiger partial charge on any atom is -0.496 e. The fourth-order valence-corrected chi connectivity index (χ4v) is 4.24. The Morgan fingerprint density at radius 1 is 1.07 bits per heavy atom. The normalized spacial score (nSPS) is 12.2. The van der Waals surface area contributed by atoms with E-state index in [4.69, 9.17) is 9.72 Å². The van der Waals surface area contributed by atoms with Crippen LogP contribution >= 0.6 is 11.8 Å². The van der Waals surface area contributed by atoms with Crippen LogP contribution in [0.2, 0.25) is 0 Å². The Hall–Kier alpha value is -3.06. The van der Waals surface area contributed by atoms with E-state index in [0.717, 1.165) is 17.0 Å². The number of thioether (sulfide) groups is 1. The van der Waals surface area contributed by atoms with Gasteiger partial charge in [0.15, 0.2) is 10.8 Å². The van der Waals surface area contributed by atoms with Gasteiger partial charge in [-0.25, -0.2) is 4.98 Å². The van der Waals surface area contributed by atoms with Crippen LogP contribution in [-0.2, 0) is 7.05 Å². The molecule has 2 heterocycles. The lowest BCUT2D eigenvalue weighted by Gasteiger charge is -2.18. The molecular formula is C21H20N4O2S. The number of para-hydroxylation sites is 2. The zero-order valence-electron chi connectivity index (χ0n) is 15.9. The molecule has 28 heavy (non-hydrogen) atoms. The molecule has 0 radical (unpaired) electrons. The highest BCUT2D eigenvalue weighted by Crippen LogP contribution is 2.38. The number of ether oxygens (including phenoxy) is 1. The molecule has 4 rings (SSSR count). The van der Waals surface area contributed by atoms with Crippen LogP contribution < -0.4 is 10.3 Å². The van der Waals surface area contributed by atoms with Crippen LogP contribution in [0.25, 0.3) is 16.7 Å². The molecule has 2 aromatic carbocycles. The van der Waals surface area contributed by atoms with E-state index >= 15 is 0 Å². The molecule has 0 saturated carbocycles. The van der Waals surface area contributed by atoms with Gasteiger partial charge in [-0.1, -0.05) is 48.2 Å². The molecule has 0 N–H and O–H groups in total. The Balaban J connectivity index is 1.88. The second kappa shape index (κ2) is 7.52. The summed E-state index contributed by atoms with van der Waals surface area (Å²) >= 11 is 1.52. The number of nitrogens with zero attached hydrogens (tertiary/aromatic N) is 4. The lowest BCUT2D eigenvalue weighted by molar-refractivity contribution is 0.410. The first-order valence-corrected chi connectivity index (χ1v) is 9.78.